The standard InChI is InChI=1S/C13H19N3O/c1-16-12(8-9-15-16)6-4-11(14)5-7-13-3-2-10-17-13/h2-3,8-11H,4-7,14H2,1H3. The van der Waals surface area contributed by atoms with Crippen LogP contribution in [0.1, 0.15) is 24.3 Å². The zero-order valence-corrected chi connectivity index (χ0v) is 10.2. The maximum atomic E-state index is 6.09. The molecule has 0 bridgehead atoms. The molecule has 4 nitrogen and oxygen atoms in total. The lowest BCUT2D eigenvalue weighted by molar-refractivity contribution is 0.474. The van der Waals surface area contributed by atoms with Gasteiger partial charge in [-0.1, -0.05) is 0 Å². The van der Waals surface area contributed by atoms with Crippen LogP contribution in [0.3, 0.4) is 0 Å². The molecular formula is C13H19N3O. The van der Waals surface area contributed by atoms with E-state index in [2.05, 4.69) is 5.10 Å². The fourth-order valence-corrected chi connectivity index (χ4v) is 1.91. The van der Waals surface area contributed by atoms with Crippen LogP contribution in [0.2, 0.25) is 0 Å². The molecule has 0 aromatic carbocycles. The van der Waals surface area contributed by atoms with Gasteiger partial charge in [-0.05, 0) is 37.5 Å². The number of aryl methyl sites for hydroxylation is 3. The van der Waals surface area contributed by atoms with Gasteiger partial charge in [0.1, 0.15) is 5.76 Å². The van der Waals surface area contributed by atoms with Crippen LogP contribution in [0.5, 0.6) is 0 Å². The van der Waals surface area contributed by atoms with Gasteiger partial charge in [-0.3, -0.25) is 4.68 Å². The predicted molar refractivity (Wildman–Crippen MR) is 66.5 cm³/mol. The minimum absolute atomic E-state index is 0.218. The zero-order valence-electron chi connectivity index (χ0n) is 10.2. The number of nitrogens with two attached hydrogens (primary N) is 1. The molecule has 0 aliphatic heterocycles. The average Bonchev–Trinajstić information content (AvgIpc) is 2.95. The first-order valence-corrected chi connectivity index (χ1v) is 6.00. The van der Waals surface area contributed by atoms with Gasteiger partial charge in [0.05, 0.1) is 6.26 Å². The topological polar surface area (TPSA) is 57.0 Å². The summed E-state index contributed by atoms with van der Waals surface area (Å²) in [6, 6.07) is 6.17. The molecule has 0 fully saturated rings. The van der Waals surface area contributed by atoms with Gasteiger partial charge in [0.15, 0.2) is 0 Å². The van der Waals surface area contributed by atoms with Crippen LogP contribution in [-0.4, -0.2) is 15.8 Å². The smallest absolute Gasteiger partial charge is 0.103 e. The number of aromatic nitrogens is 2. The normalized spacial score (nSPS) is 12.8. The largest absolute Gasteiger partial charge is 0.469 e. The van der Waals surface area contributed by atoms with Gasteiger partial charge in [0, 0.05) is 31.4 Å². The number of nitrogens with zero attached hydrogens (tertiary/aromatic N) is 2. The first-order chi connectivity index (χ1) is 8.25. The van der Waals surface area contributed by atoms with Gasteiger partial charge < -0.3 is 10.2 Å². The summed E-state index contributed by atoms with van der Waals surface area (Å²) < 4.78 is 7.19. The Morgan fingerprint density at radius 3 is 2.82 bits per heavy atom. The van der Waals surface area contributed by atoms with Crippen LogP contribution >= 0.6 is 0 Å². The third-order valence-corrected chi connectivity index (χ3v) is 3.04. The molecule has 17 heavy (non-hydrogen) atoms. The quantitative estimate of drug-likeness (QED) is 0.829. The van der Waals surface area contributed by atoms with E-state index >= 15 is 0 Å². The fourth-order valence-electron chi connectivity index (χ4n) is 1.91. The lowest BCUT2D eigenvalue weighted by Gasteiger charge is -2.10. The van der Waals surface area contributed by atoms with E-state index in [9.17, 15) is 0 Å². The van der Waals surface area contributed by atoms with Crippen molar-refractivity contribution in [1.82, 2.24) is 9.78 Å². The first-order valence-electron chi connectivity index (χ1n) is 6.00. The van der Waals surface area contributed by atoms with Crippen molar-refractivity contribution in [3.8, 4) is 0 Å². The molecule has 2 aromatic rings. The van der Waals surface area contributed by atoms with E-state index in [0.29, 0.717) is 0 Å². The molecule has 2 N–H and O–H groups in total. The second-order valence-electron chi connectivity index (χ2n) is 4.36. The van der Waals surface area contributed by atoms with Crippen molar-refractivity contribution in [3.05, 3.63) is 42.1 Å². The summed E-state index contributed by atoms with van der Waals surface area (Å²) in [6.45, 7) is 0. The van der Waals surface area contributed by atoms with Crippen LogP contribution in [-0.2, 0) is 19.9 Å². The molecule has 0 amide bonds. The molecule has 0 aliphatic rings. The molecular weight excluding hydrogens is 214 g/mol. The maximum absolute atomic E-state index is 6.09. The van der Waals surface area contributed by atoms with E-state index in [1.54, 1.807) is 6.26 Å². The van der Waals surface area contributed by atoms with E-state index < -0.39 is 0 Å². The highest BCUT2D eigenvalue weighted by molar-refractivity contribution is 5.01. The number of rotatable bonds is 6. The summed E-state index contributed by atoms with van der Waals surface area (Å²) in [5, 5.41) is 4.14. The summed E-state index contributed by atoms with van der Waals surface area (Å²) in [5.41, 5.74) is 7.32. The summed E-state index contributed by atoms with van der Waals surface area (Å²) in [4.78, 5) is 0. The monoisotopic (exact) mass is 233 g/mol. The van der Waals surface area contributed by atoms with Gasteiger partial charge in [-0.2, -0.15) is 5.10 Å². The molecule has 4 heteroatoms. The van der Waals surface area contributed by atoms with E-state index in [4.69, 9.17) is 10.2 Å². The number of hydrogen-bond acceptors (Lipinski definition) is 3. The lowest BCUT2D eigenvalue weighted by atomic mass is 10.0. The lowest BCUT2D eigenvalue weighted by Crippen LogP contribution is -2.21. The van der Waals surface area contributed by atoms with Crippen molar-refractivity contribution in [2.75, 3.05) is 0 Å². The molecule has 0 radical (unpaired) electrons. The SMILES string of the molecule is Cn1nccc1CCC(N)CCc1ccco1. The van der Waals surface area contributed by atoms with Gasteiger partial charge >= 0.3 is 0 Å². The minimum atomic E-state index is 0.218. The Bertz CT molecular complexity index is 433. The van der Waals surface area contributed by atoms with Crippen LogP contribution < -0.4 is 5.73 Å². The summed E-state index contributed by atoms with van der Waals surface area (Å²) in [7, 11) is 1.96. The molecule has 1 unspecified atom stereocenters. The summed E-state index contributed by atoms with van der Waals surface area (Å²) >= 11 is 0. The molecule has 0 saturated carbocycles. The Labute approximate surface area is 101 Å². The summed E-state index contributed by atoms with van der Waals surface area (Å²) in [5.74, 6) is 1.01. The predicted octanol–water partition coefficient (Wildman–Crippen LogP) is 1.91. The molecule has 2 aromatic heterocycles. The summed E-state index contributed by atoms with van der Waals surface area (Å²) in [6.07, 6.45) is 7.38. The van der Waals surface area contributed by atoms with Crippen molar-refractivity contribution in [3.63, 3.8) is 0 Å². The second kappa shape index (κ2) is 5.68. The van der Waals surface area contributed by atoms with Crippen molar-refractivity contribution in [2.24, 2.45) is 12.8 Å². The van der Waals surface area contributed by atoms with Crippen LogP contribution in [0.25, 0.3) is 0 Å². The second-order valence-corrected chi connectivity index (χ2v) is 4.36. The molecule has 0 spiro atoms. The van der Waals surface area contributed by atoms with Crippen molar-refractivity contribution in [1.29, 1.82) is 0 Å². The molecule has 0 aliphatic carbocycles. The number of furan rings is 1. The molecule has 0 saturated heterocycles. The van der Waals surface area contributed by atoms with Gasteiger partial charge in [0.2, 0.25) is 0 Å². The van der Waals surface area contributed by atoms with Crippen molar-refractivity contribution in [2.45, 2.75) is 31.7 Å². The Balaban J connectivity index is 1.71. The van der Waals surface area contributed by atoms with Gasteiger partial charge in [-0.15, -0.1) is 0 Å². The molecule has 92 valence electrons. The molecule has 2 heterocycles. The van der Waals surface area contributed by atoms with E-state index in [1.165, 1.54) is 5.69 Å². The Morgan fingerprint density at radius 2 is 2.18 bits per heavy atom. The minimum Gasteiger partial charge on any atom is -0.469 e. The van der Waals surface area contributed by atoms with Crippen LogP contribution in [0, 0.1) is 0 Å². The number of hydrogen-bond donors (Lipinski definition) is 1. The third-order valence-electron chi connectivity index (χ3n) is 3.04. The average molecular weight is 233 g/mol. The zero-order chi connectivity index (χ0) is 12.1. The maximum Gasteiger partial charge on any atom is 0.103 e. The highest BCUT2D eigenvalue weighted by Crippen LogP contribution is 2.09. The van der Waals surface area contributed by atoms with E-state index in [-0.39, 0.29) is 6.04 Å². The van der Waals surface area contributed by atoms with Crippen LogP contribution in [0.15, 0.2) is 35.1 Å². The fraction of sp³-hybridized carbons (Fsp3) is 0.462. The Kier molecular flexibility index (Phi) is 3.98. The first kappa shape index (κ1) is 11.9. The highest BCUT2D eigenvalue weighted by atomic mass is 16.3. The van der Waals surface area contributed by atoms with Gasteiger partial charge in [0.25, 0.3) is 0 Å². The highest BCUT2D eigenvalue weighted by Gasteiger charge is 2.06. The van der Waals surface area contributed by atoms with E-state index in [0.717, 1.165) is 31.4 Å². The molecule has 1 atom stereocenters. The Hall–Kier alpha value is -1.55. The van der Waals surface area contributed by atoms with Crippen molar-refractivity contribution >= 4 is 0 Å². The van der Waals surface area contributed by atoms with Crippen LogP contribution in [0.4, 0.5) is 0 Å². The van der Waals surface area contributed by atoms with E-state index in [1.807, 2.05) is 36.1 Å². The van der Waals surface area contributed by atoms with Gasteiger partial charge in [-0.25, -0.2) is 0 Å². The van der Waals surface area contributed by atoms with Crippen molar-refractivity contribution < 1.29 is 4.42 Å². The Morgan fingerprint density at radius 1 is 1.35 bits per heavy atom. The molecule has 2 rings (SSSR count). The third kappa shape index (κ3) is 3.46.